The number of nitrogens with zero attached hydrogens (tertiary/aromatic N) is 2. The van der Waals surface area contributed by atoms with Gasteiger partial charge < -0.3 is 0 Å². The maximum Gasteiger partial charge on any atom is 0.288 e. The Bertz CT molecular complexity index is 1010. The maximum atomic E-state index is 11.0. The van der Waals surface area contributed by atoms with Crippen LogP contribution in [0.4, 0.5) is 5.69 Å². The summed E-state index contributed by atoms with van der Waals surface area (Å²) in [4.78, 5) is 10.5. The van der Waals surface area contributed by atoms with Crippen LogP contribution in [0, 0.1) is 21.4 Å². The summed E-state index contributed by atoms with van der Waals surface area (Å²) < 4.78 is 0. The van der Waals surface area contributed by atoms with Crippen LogP contribution in [0.25, 0.3) is 22.4 Å². The lowest BCUT2D eigenvalue weighted by molar-refractivity contribution is -0.384. The number of nitro benzene ring substituents is 1. The number of nitriles is 1. The molecule has 3 aromatic carbocycles. The van der Waals surface area contributed by atoms with Gasteiger partial charge in [0, 0.05) is 11.6 Å². The molecule has 0 aliphatic rings. The van der Waals surface area contributed by atoms with Crippen LogP contribution >= 0.6 is 11.6 Å². The summed E-state index contributed by atoms with van der Waals surface area (Å²) in [5.41, 5.74) is 1.59. The molecule has 0 bridgehead atoms. The van der Waals surface area contributed by atoms with E-state index in [0.29, 0.717) is 11.1 Å². The van der Waals surface area contributed by atoms with Crippen molar-refractivity contribution in [3.63, 3.8) is 0 Å². The molecule has 0 unspecified atom stereocenters. The molecule has 0 aliphatic heterocycles. The molecule has 4 nitrogen and oxygen atoms in total. The van der Waals surface area contributed by atoms with Crippen LogP contribution in [-0.2, 0) is 0 Å². The lowest BCUT2D eigenvalue weighted by Gasteiger charge is -2.05. The van der Waals surface area contributed by atoms with Gasteiger partial charge in [0.15, 0.2) is 0 Å². The predicted molar refractivity (Wildman–Crippen MR) is 95.5 cm³/mol. The number of hydrogen-bond donors (Lipinski definition) is 0. The van der Waals surface area contributed by atoms with Gasteiger partial charge in [0.2, 0.25) is 0 Å². The Kier molecular flexibility index (Phi) is 4.28. The van der Waals surface area contributed by atoms with Crippen LogP contribution < -0.4 is 0 Å². The molecular weight excluding hydrogens is 324 g/mol. The van der Waals surface area contributed by atoms with E-state index in [-0.39, 0.29) is 10.7 Å². The molecule has 0 fully saturated rings. The summed E-state index contributed by atoms with van der Waals surface area (Å²) in [6.07, 6.45) is 1.63. The molecule has 116 valence electrons. The van der Waals surface area contributed by atoms with Gasteiger partial charge in [-0.05, 0) is 28.5 Å². The molecule has 0 heterocycles. The standard InChI is InChI=1S/C19H11ClN2O2/c20-18-9-8-13(11-19(18)22(23)24)10-15(12-21)17-7-3-5-14-4-1-2-6-16(14)17/h1-11H/b15-10+. The Morgan fingerprint density at radius 2 is 1.88 bits per heavy atom. The van der Waals surface area contributed by atoms with E-state index in [1.54, 1.807) is 12.1 Å². The lowest BCUT2D eigenvalue weighted by Crippen LogP contribution is -1.90. The first-order valence-electron chi connectivity index (χ1n) is 7.14. The Labute approximate surface area is 143 Å². The number of nitro groups is 1. The average molecular weight is 335 g/mol. The highest BCUT2D eigenvalue weighted by molar-refractivity contribution is 6.32. The minimum atomic E-state index is -0.538. The zero-order valence-electron chi connectivity index (χ0n) is 12.4. The normalized spacial score (nSPS) is 11.2. The summed E-state index contributed by atoms with van der Waals surface area (Å²) in [6.45, 7) is 0. The molecule has 0 aliphatic carbocycles. The Hall–Kier alpha value is -3.16. The van der Waals surface area contributed by atoms with Crippen molar-refractivity contribution in [2.24, 2.45) is 0 Å². The van der Waals surface area contributed by atoms with E-state index in [2.05, 4.69) is 6.07 Å². The molecule has 5 heteroatoms. The molecule has 0 N–H and O–H groups in total. The first kappa shape index (κ1) is 15.7. The van der Waals surface area contributed by atoms with Crippen molar-refractivity contribution in [1.82, 2.24) is 0 Å². The van der Waals surface area contributed by atoms with Gasteiger partial charge >= 0.3 is 0 Å². The molecule has 0 saturated carbocycles. The summed E-state index contributed by atoms with van der Waals surface area (Å²) in [6, 6.07) is 20.1. The third-order valence-corrected chi connectivity index (χ3v) is 4.00. The molecule has 0 aromatic heterocycles. The van der Waals surface area contributed by atoms with Crippen LogP contribution in [0.1, 0.15) is 11.1 Å². The van der Waals surface area contributed by atoms with Crippen molar-refractivity contribution in [3.05, 3.63) is 86.9 Å². The van der Waals surface area contributed by atoms with Crippen LogP contribution in [0.5, 0.6) is 0 Å². The quantitative estimate of drug-likeness (QED) is 0.276. The fourth-order valence-corrected chi connectivity index (χ4v) is 2.74. The first-order chi connectivity index (χ1) is 11.6. The third-order valence-electron chi connectivity index (χ3n) is 3.68. The molecular formula is C19H11ClN2O2. The van der Waals surface area contributed by atoms with Crippen LogP contribution in [0.15, 0.2) is 60.7 Å². The molecule has 3 rings (SSSR count). The molecule has 24 heavy (non-hydrogen) atoms. The largest absolute Gasteiger partial charge is 0.288 e. The van der Waals surface area contributed by atoms with Crippen molar-refractivity contribution in [2.45, 2.75) is 0 Å². The van der Waals surface area contributed by atoms with Gasteiger partial charge in [-0.3, -0.25) is 10.1 Å². The first-order valence-corrected chi connectivity index (χ1v) is 7.52. The van der Waals surface area contributed by atoms with E-state index in [9.17, 15) is 15.4 Å². The smallest absolute Gasteiger partial charge is 0.258 e. The van der Waals surface area contributed by atoms with E-state index < -0.39 is 4.92 Å². The number of benzene rings is 3. The SMILES string of the molecule is N#C/C(=C\c1ccc(Cl)c([N+](=O)[O-])c1)c1cccc2ccccc12. The zero-order valence-corrected chi connectivity index (χ0v) is 13.2. The van der Waals surface area contributed by atoms with Crippen molar-refractivity contribution in [3.8, 4) is 6.07 Å². The predicted octanol–water partition coefficient (Wildman–Crippen LogP) is 5.47. The summed E-state index contributed by atoms with van der Waals surface area (Å²) in [5, 5.41) is 22.6. The highest BCUT2D eigenvalue weighted by Gasteiger charge is 2.13. The van der Waals surface area contributed by atoms with Gasteiger partial charge in [-0.2, -0.15) is 5.26 Å². The Morgan fingerprint density at radius 1 is 1.12 bits per heavy atom. The van der Waals surface area contributed by atoms with Crippen molar-refractivity contribution in [2.75, 3.05) is 0 Å². The van der Waals surface area contributed by atoms with Gasteiger partial charge in [-0.15, -0.1) is 0 Å². The minimum Gasteiger partial charge on any atom is -0.258 e. The van der Waals surface area contributed by atoms with E-state index in [4.69, 9.17) is 11.6 Å². The van der Waals surface area contributed by atoms with Crippen molar-refractivity contribution < 1.29 is 4.92 Å². The molecule has 0 radical (unpaired) electrons. The number of fused-ring (bicyclic) bond motifs is 1. The number of rotatable bonds is 3. The van der Waals surface area contributed by atoms with Gasteiger partial charge in [0.1, 0.15) is 5.02 Å². The van der Waals surface area contributed by atoms with E-state index in [0.717, 1.165) is 16.3 Å². The van der Waals surface area contributed by atoms with E-state index in [1.165, 1.54) is 12.1 Å². The fraction of sp³-hybridized carbons (Fsp3) is 0. The second kappa shape index (κ2) is 6.53. The van der Waals surface area contributed by atoms with Crippen LogP contribution in [-0.4, -0.2) is 4.92 Å². The maximum absolute atomic E-state index is 11.0. The van der Waals surface area contributed by atoms with Gasteiger partial charge in [-0.25, -0.2) is 0 Å². The summed E-state index contributed by atoms with van der Waals surface area (Å²) in [7, 11) is 0. The summed E-state index contributed by atoms with van der Waals surface area (Å²) in [5.74, 6) is 0. The molecule has 0 saturated heterocycles. The zero-order chi connectivity index (χ0) is 17.1. The Balaban J connectivity index is 2.15. The second-order valence-corrected chi connectivity index (χ2v) is 5.57. The fourth-order valence-electron chi connectivity index (χ4n) is 2.56. The average Bonchev–Trinajstić information content (AvgIpc) is 2.60. The van der Waals surface area contributed by atoms with E-state index >= 15 is 0 Å². The monoisotopic (exact) mass is 334 g/mol. The third kappa shape index (κ3) is 2.98. The van der Waals surface area contributed by atoms with E-state index in [1.807, 2.05) is 42.5 Å². The van der Waals surface area contributed by atoms with Crippen molar-refractivity contribution >= 4 is 39.7 Å². The highest BCUT2D eigenvalue weighted by atomic mass is 35.5. The van der Waals surface area contributed by atoms with Crippen molar-refractivity contribution in [1.29, 1.82) is 5.26 Å². The van der Waals surface area contributed by atoms with Gasteiger partial charge in [0.25, 0.3) is 5.69 Å². The number of allylic oxidation sites excluding steroid dienone is 1. The molecule has 0 atom stereocenters. The summed E-state index contributed by atoms with van der Waals surface area (Å²) >= 11 is 5.83. The molecule has 0 spiro atoms. The van der Waals surface area contributed by atoms with Gasteiger partial charge in [-0.1, -0.05) is 60.1 Å². The molecule has 0 amide bonds. The van der Waals surface area contributed by atoms with Crippen LogP contribution in [0.2, 0.25) is 5.02 Å². The number of hydrogen-bond acceptors (Lipinski definition) is 3. The topological polar surface area (TPSA) is 66.9 Å². The highest BCUT2D eigenvalue weighted by Crippen LogP contribution is 2.29. The number of halogens is 1. The second-order valence-electron chi connectivity index (χ2n) is 5.16. The Morgan fingerprint density at radius 3 is 2.62 bits per heavy atom. The van der Waals surface area contributed by atoms with Gasteiger partial charge in [0.05, 0.1) is 16.6 Å². The van der Waals surface area contributed by atoms with Crippen LogP contribution in [0.3, 0.4) is 0 Å². The molecule has 3 aromatic rings. The minimum absolute atomic E-state index is 0.0702. The lowest BCUT2D eigenvalue weighted by atomic mass is 9.97.